The second kappa shape index (κ2) is 7.88. The average molecular weight is 366 g/mol. The molecular formula is C18H17Cl2NO3. The van der Waals surface area contributed by atoms with Crippen LogP contribution in [0.5, 0.6) is 5.75 Å². The zero-order valence-electron chi connectivity index (χ0n) is 12.9. The van der Waals surface area contributed by atoms with Crippen LogP contribution in [0.25, 0.3) is 0 Å². The van der Waals surface area contributed by atoms with Crippen molar-refractivity contribution < 1.29 is 14.3 Å². The lowest BCUT2D eigenvalue weighted by molar-refractivity contribution is 0.0679. The first-order valence-corrected chi connectivity index (χ1v) is 8.48. The lowest BCUT2D eigenvalue weighted by atomic mass is 10.2. The van der Waals surface area contributed by atoms with E-state index in [4.69, 9.17) is 32.7 Å². The molecule has 126 valence electrons. The van der Waals surface area contributed by atoms with Gasteiger partial charge in [0.05, 0.1) is 16.8 Å². The van der Waals surface area contributed by atoms with Crippen LogP contribution in [0.2, 0.25) is 10.0 Å². The van der Waals surface area contributed by atoms with Gasteiger partial charge >= 0.3 is 0 Å². The highest BCUT2D eigenvalue weighted by Gasteiger charge is 2.16. The Balaban J connectivity index is 1.66. The molecule has 4 nitrogen and oxygen atoms in total. The van der Waals surface area contributed by atoms with Crippen LogP contribution in [-0.4, -0.2) is 25.2 Å². The number of amides is 1. The molecule has 6 heteroatoms. The summed E-state index contributed by atoms with van der Waals surface area (Å²) in [4.78, 5) is 12.4. The SMILES string of the molecule is O=C(Nc1cc(Cl)ccc1Cl)c1cccc(OCC2CCCO2)c1. The van der Waals surface area contributed by atoms with E-state index in [1.54, 1.807) is 36.4 Å². The molecule has 2 aromatic carbocycles. The molecular weight excluding hydrogens is 349 g/mol. The molecule has 1 amide bonds. The number of carbonyl (C=O) groups is 1. The number of ether oxygens (including phenoxy) is 2. The number of carbonyl (C=O) groups excluding carboxylic acids is 1. The Hall–Kier alpha value is -1.75. The predicted octanol–water partition coefficient (Wildman–Crippen LogP) is 4.80. The molecule has 1 atom stereocenters. The van der Waals surface area contributed by atoms with Crippen molar-refractivity contribution in [1.82, 2.24) is 0 Å². The summed E-state index contributed by atoms with van der Waals surface area (Å²) in [7, 11) is 0. The molecule has 1 aliphatic heterocycles. The van der Waals surface area contributed by atoms with Crippen molar-refractivity contribution in [1.29, 1.82) is 0 Å². The summed E-state index contributed by atoms with van der Waals surface area (Å²) < 4.78 is 11.2. The Morgan fingerprint density at radius 1 is 1.25 bits per heavy atom. The zero-order chi connectivity index (χ0) is 16.9. The first kappa shape index (κ1) is 17.1. The highest BCUT2D eigenvalue weighted by atomic mass is 35.5. The van der Waals surface area contributed by atoms with Gasteiger partial charge < -0.3 is 14.8 Å². The maximum absolute atomic E-state index is 12.4. The van der Waals surface area contributed by atoms with Crippen LogP contribution >= 0.6 is 23.2 Å². The molecule has 24 heavy (non-hydrogen) atoms. The fraction of sp³-hybridized carbons (Fsp3) is 0.278. The second-order valence-corrected chi connectivity index (χ2v) is 6.40. The molecule has 0 radical (unpaired) electrons. The van der Waals surface area contributed by atoms with Gasteiger partial charge in [-0.15, -0.1) is 0 Å². The van der Waals surface area contributed by atoms with Crippen LogP contribution < -0.4 is 10.1 Å². The van der Waals surface area contributed by atoms with Crippen molar-refractivity contribution in [3.63, 3.8) is 0 Å². The quantitative estimate of drug-likeness (QED) is 0.827. The first-order chi connectivity index (χ1) is 11.6. The summed E-state index contributed by atoms with van der Waals surface area (Å²) in [6.45, 7) is 1.28. The molecule has 0 spiro atoms. The highest BCUT2D eigenvalue weighted by molar-refractivity contribution is 6.35. The zero-order valence-corrected chi connectivity index (χ0v) is 14.4. The Labute approximate surface area is 150 Å². The Kier molecular flexibility index (Phi) is 5.61. The minimum Gasteiger partial charge on any atom is -0.491 e. The molecule has 1 unspecified atom stereocenters. The molecule has 1 saturated heterocycles. The highest BCUT2D eigenvalue weighted by Crippen LogP contribution is 2.26. The van der Waals surface area contributed by atoms with E-state index in [1.165, 1.54) is 0 Å². The number of benzene rings is 2. The molecule has 0 aromatic heterocycles. The van der Waals surface area contributed by atoms with Gasteiger partial charge in [-0.05, 0) is 49.2 Å². The topological polar surface area (TPSA) is 47.6 Å². The molecule has 1 N–H and O–H groups in total. The van der Waals surface area contributed by atoms with Crippen LogP contribution in [0, 0.1) is 0 Å². The number of anilines is 1. The van der Waals surface area contributed by atoms with E-state index in [-0.39, 0.29) is 12.0 Å². The molecule has 0 saturated carbocycles. The van der Waals surface area contributed by atoms with E-state index in [2.05, 4.69) is 5.32 Å². The normalized spacial score (nSPS) is 16.8. The van der Waals surface area contributed by atoms with Crippen molar-refractivity contribution in [2.45, 2.75) is 18.9 Å². The molecule has 1 fully saturated rings. The Morgan fingerprint density at radius 3 is 2.92 bits per heavy atom. The lowest BCUT2D eigenvalue weighted by Gasteiger charge is -2.12. The minimum absolute atomic E-state index is 0.132. The summed E-state index contributed by atoms with van der Waals surface area (Å²) in [6.07, 6.45) is 2.21. The first-order valence-electron chi connectivity index (χ1n) is 7.73. The van der Waals surface area contributed by atoms with E-state index < -0.39 is 0 Å². The third kappa shape index (κ3) is 4.41. The van der Waals surface area contributed by atoms with E-state index in [0.29, 0.717) is 33.7 Å². The fourth-order valence-corrected chi connectivity index (χ4v) is 2.82. The minimum atomic E-state index is -0.276. The van der Waals surface area contributed by atoms with Gasteiger partial charge in [0.1, 0.15) is 12.4 Å². The van der Waals surface area contributed by atoms with Crippen molar-refractivity contribution in [2.75, 3.05) is 18.5 Å². The van der Waals surface area contributed by atoms with Crippen molar-refractivity contribution in [3.8, 4) is 5.75 Å². The van der Waals surface area contributed by atoms with Crippen molar-refractivity contribution in [3.05, 3.63) is 58.1 Å². The van der Waals surface area contributed by atoms with Gasteiger partial charge in [-0.1, -0.05) is 29.3 Å². The third-order valence-electron chi connectivity index (χ3n) is 3.73. The lowest BCUT2D eigenvalue weighted by Crippen LogP contribution is -2.17. The van der Waals surface area contributed by atoms with Crippen LogP contribution in [0.15, 0.2) is 42.5 Å². The maximum Gasteiger partial charge on any atom is 0.255 e. The van der Waals surface area contributed by atoms with E-state index in [0.717, 1.165) is 19.4 Å². The van der Waals surface area contributed by atoms with Crippen molar-refractivity contribution in [2.24, 2.45) is 0 Å². The summed E-state index contributed by atoms with van der Waals surface area (Å²) in [5, 5.41) is 3.69. The number of rotatable bonds is 5. The van der Waals surface area contributed by atoms with Gasteiger partial charge in [0.25, 0.3) is 5.91 Å². The molecule has 3 rings (SSSR count). The van der Waals surface area contributed by atoms with Crippen LogP contribution in [0.4, 0.5) is 5.69 Å². The summed E-state index contributed by atoms with van der Waals surface area (Å²) in [6, 6.07) is 11.9. The predicted molar refractivity (Wildman–Crippen MR) is 95.3 cm³/mol. The molecule has 2 aromatic rings. The fourth-order valence-electron chi connectivity index (χ4n) is 2.48. The number of halogens is 2. The second-order valence-electron chi connectivity index (χ2n) is 5.55. The van der Waals surface area contributed by atoms with Crippen LogP contribution in [-0.2, 0) is 4.74 Å². The van der Waals surface area contributed by atoms with Gasteiger partial charge in [0.2, 0.25) is 0 Å². The monoisotopic (exact) mass is 365 g/mol. The van der Waals surface area contributed by atoms with E-state index in [9.17, 15) is 4.79 Å². The molecule has 1 aliphatic rings. The van der Waals surface area contributed by atoms with E-state index in [1.807, 2.05) is 6.07 Å². The number of hydrogen-bond donors (Lipinski definition) is 1. The largest absolute Gasteiger partial charge is 0.491 e. The van der Waals surface area contributed by atoms with Gasteiger partial charge in [-0.25, -0.2) is 0 Å². The Morgan fingerprint density at radius 2 is 2.12 bits per heavy atom. The summed E-state index contributed by atoms with van der Waals surface area (Å²) >= 11 is 12.0. The third-order valence-corrected chi connectivity index (χ3v) is 4.30. The van der Waals surface area contributed by atoms with Gasteiger partial charge in [-0.3, -0.25) is 4.79 Å². The number of nitrogens with one attached hydrogen (secondary N) is 1. The Bertz CT molecular complexity index is 730. The van der Waals surface area contributed by atoms with Gasteiger partial charge in [-0.2, -0.15) is 0 Å². The van der Waals surface area contributed by atoms with Crippen molar-refractivity contribution >= 4 is 34.8 Å². The average Bonchev–Trinajstić information content (AvgIpc) is 3.10. The standard InChI is InChI=1S/C18H17Cl2NO3/c19-13-6-7-16(20)17(10-13)21-18(22)12-3-1-4-14(9-12)24-11-15-5-2-8-23-15/h1,3-4,6-7,9-10,15H,2,5,8,11H2,(H,21,22). The summed E-state index contributed by atoms with van der Waals surface area (Å²) in [5.41, 5.74) is 0.954. The summed E-state index contributed by atoms with van der Waals surface area (Å²) in [5.74, 6) is 0.358. The van der Waals surface area contributed by atoms with Crippen LogP contribution in [0.1, 0.15) is 23.2 Å². The van der Waals surface area contributed by atoms with E-state index >= 15 is 0 Å². The number of hydrogen-bond acceptors (Lipinski definition) is 3. The smallest absolute Gasteiger partial charge is 0.255 e. The molecule has 0 bridgehead atoms. The molecule has 0 aliphatic carbocycles. The van der Waals surface area contributed by atoms with Gasteiger partial charge in [0, 0.05) is 17.2 Å². The molecule has 1 heterocycles. The van der Waals surface area contributed by atoms with Crippen LogP contribution in [0.3, 0.4) is 0 Å². The van der Waals surface area contributed by atoms with Gasteiger partial charge in [0.15, 0.2) is 0 Å². The maximum atomic E-state index is 12.4.